The average Bonchev–Trinajstić information content (AvgIpc) is 3.30. The molecule has 2 aliphatic heterocycles. The van der Waals surface area contributed by atoms with Gasteiger partial charge in [0.15, 0.2) is 0 Å². The Labute approximate surface area is 168 Å². The van der Waals surface area contributed by atoms with Gasteiger partial charge >= 0.3 is 0 Å². The third kappa shape index (κ3) is 3.10. The molecule has 0 aliphatic carbocycles. The van der Waals surface area contributed by atoms with Gasteiger partial charge in [-0.3, -0.25) is 9.69 Å². The average molecular weight is 379 g/mol. The highest BCUT2D eigenvalue weighted by atomic mass is 16.5. The molecule has 4 nitrogen and oxygen atoms in total. The summed E-state index contributed by atoms with van der Waals surface area (Å²) >= 11 is 0. The molecule has 3 atom stereocenters. The molecule has 2 aliphatic rings. The fourth-order valence-electron chi connectivity index (χ4n) is 4.95. The second-order valence-electron chi connectivity index (χ2n) is 8.35. The Bertz CT molecular complexity index is 890. The smallest absolute Gasteiger partial charge is 0.254 e. The SMILES string of the molecule is COc1ccc(C(C)N2C[C@@H]3C[C@H]2CN3C(=O)c2ccc(C)cc2)c(C)c1C. The predicted octanol–water partition coefficient (Wildman–Crippen LogP) is 4.28. The van der Waals surface area contributed by atoms with Crippen molar-refractivity contribution < 1.29 is 9.53 Å². The summed E-state index contributed by atoms with van der Waals surface area (Å²) in [6.07, 6.45) is 1.08. The van der Waals surface area contributed by atoms with Crippen molar-refractivity contribution in [2.75, 3.05) is 20.2 Å². The molecule has 2 aromatic rings. The number of amides is 1. The molecule has 0 saturated carbocycles. The summed E-state index contributed by atoms with van der Waals surface area (Å²) in [5.74, 6) is 1.13. The van der Waals surface area contributed by atoms with E-state index in [1.165, 1.54) is 22.3 Å². The number of methoxy groups -OCH3 is 1. The van der Waals surface area contributed by atoms with Crippen molar-refractivity contribution >= 4 is 5.91 Å². The van der Waals surface area contributed by atoms with Gasteiger partial charge in [-0.25, -0.2) is 0 Å². The van der Waals surface area contributed by atoms with E-state index in [1.54, 1.807) is 7.11 Å². The lowest BCUT2D eigenvalue weighted by molar-refractivity contribution is 0.0569. The van der Waals surface area contributed by atoms with E-state index in [0.717, 1.165) is 30.8 Å². The van der Waals surface area contributed by atoms with Crippen LogP contribution >= 0.6 is 0 Å². The van der Waals surface area contributed by atoms with Gasteiger partial charge in [0.1, 0.15) is 5.75 Å². The van der Waals surface area contributed by atoms with Gasteiger partial charge < -0.3 is 9.64 Å². The van der Waals surface area contributed by atoms with Crippen LogP contribution in [0.3, 0.4) is 0 Å². The highest BCUT2D eigenvalue weighted by Gasteiger charge is 2.47. The molecule has 148 valence electrons. The Morgan fingerprint density at radius 2 is 1.71 bits per heavy atom. The van der Waals surface area contributed by atoms with Crippen LogP contribution in [0.25, 0.3) is 0 Å². The third-order valence-electron chi connectivity index (χ3n) is 6.79. The molecule has 0 aromatic heterocycles. The van der Waals surface area contributed by atoms with E-state index in [4.69, 9.17) is 4.74 Å². The van der Waals surface area contributed by atoms with Gasteiger partial charge in [0.2, 0.25) is 0 Å². The van der Waals surface area contributed by atoms with Crippen molar-refractivity contribution in [3.8, 4) is 5.75 Å². The first-order chi connectivity index (χ1) is 13.4. The highest BCUT2D eigenvalue weighted by Crippen LogP contribution is 2.39. The van der Waals surface area contributed by atoms with Crippen LogP contribution in [-0.4, -0.2) is 48.0 Å². The summed E-state index contributed by atoms with van der Waals surface area (Å²) in [4.78, 5) is 17.6. The van der Waals surface area contributed by atoms with Gasteiger partial charge in [-0.05, 0) is 69.0 Å². The summed E-state index contributed by atoms with van der Waals surface area (Å²) in [5, 5.41) is 0. The Kier molecular flexibility index (Phi) is 4.92. The zero-order chi connectivity index (χ0) is 20.0. The lowest BCUT2D eigenvalue weighted by Crippen LogP contribution is -2.49. The number of fused-ring (bicyclic) bond motifs is 2. The second kappa shape index (κ2) is 7.25. The normalized spacial score (nSPS) is 22.5. The number of hydrogen-bond donors (Lipinski definition) is 0. The molecule has 4 heteroatoms. The van der Waals surface area contributed by atoms with Gasteiger partial charge in [0.05, 0.1) is 7.11 Å². The Morgan fingerprint density at radius 1 is 1.00 bits per heavy atom. The number of aryl methyl sites for hydroxylation is 1. The molecule has 0 N–H and O–H groups in total. The number of benzene rings is 2. The molecule has 1 unspecified atom stereocenters. The molecule has 0 radical (unpaired) electrons. The lowest BCUT2D eigenvalue weighted by atomic mass is 9.96. The van der Waals surface area contributed by atoms with Crippen molar-refractivity contribution in [1.82, 2.24) is 9.80 Å². The standard InChI is InChI=1S/C24H30N2O2/c1-15-6-8-19(9-7-15)24(27)26-14-20-12-21(26)13-25(20)18(4)22-10-11-23(28-5)17(3)16(22)2/h6-11,18,20-21H,12-14H2,1-5H3/t18?,20-,21-/m0/s1. The molecule has 4 rings (SSSR count). The minimum Gasteiger partial charge on any atom is -0.496 e. The zero-order valence-corrected chi connectivity index (χ0v) is 17.5. The van der Waals surface area contributed by atoms with E-state index in [-0.39, 0.29) is 5.91 Å². The van der Waals surface area contributed by atoms with E-state index in [9.17, 15) is 4.79 Å². The van der Waals surface area contributed by atoms with Crippen molar-refractivity contribution in [2.45, 2.75) is 52.2 Å². The molecular formula is C24H30N2O2. The number of hydrogen-bond acceptors (Lipinski definition) is 3. The van der Waals surface area contributed by atoms with Crippen LogP contribution < -0.4 is 4.74 Å². The molecule has 2 fully saturated rings. The first-order valence-corrected chi connectivity index (χ1v) is 10.2. The largest absolute Gasteiger partial charge is 0.496 e. The molecule has 1 amide bonds. The number of ether oxygens (including phenoxy) is 1. The van der Waals surface area contributed by atoms with Gasteiger partial charge in [-0.2, -0.15) is 0 Å². The summed E-state index contributed by atoms with van der Waals surface area (Å²) in [7, 11) is 1.73. The zero-order valence-electron chi connectivity index (χ0n) is 17.5. The highest BCUT2D eigenvalue weighted by molar-refractivity contribution is 5.94. The Balaban J connectivity index is 1.49. The van der Waals surface area contributed by atoms with Gasteiger partial charge in [0.25, 0.3) is 5.91 Å². The number of nitrogens with zero attached hydrogens (tertiary/aromatic N) is 2. The van der Waals surface area contributed by atoms with Gasteiger partial charge in [-0.15, -0.1) is 0 Å². The monoisotopic (exact) mass is 378 g/mol. The molecule has 2 saturated heterocycles. The number of piperazine rings is 1. The van der Waals surface area contributed by atoms with Gasteiger partial charge in [0, 0.05) is 36.8 Å². The molecule has 0 spiro atoms. The van der Waals surface area contributed by atoms with E-state index < -0.39 is 0 Å². The van der Waals surface area contributed by atoms with Crippen LogP contribution in [0, 0.1) is 20.8 Å². The minimum atomic E-state index is 0.177. The summed E-state index contributed by atoms with van der Waals surface area (Å²) in [6, 6.07) is 13.3. The first-order valence-electron chi connectivity index (χ1n) is 10.2. The van der Waals surface area contributed by atoms with E-state index in [1.807, 2.05) is 31.2 Å². The quantitative estimate of drug-likeness (QED) is 0.796. The number of carbonyl (C=O) groups excluding carboxylic acids is 1. The summed E-state index contributed by atoms with van der Waals surface area (Å²) in [5.41, 5.74) is 5.88. The van der Waals surface area contributed by atoms with E-state index in [2.05, 4.69) is 42.7 Å². The molecule has 2 aromatic carbocycles. The van der Waals surface area contributed by atoms with E-state index in [0.29, 0.717) is 18.1 Å². The number of carbonyl (C=O) groups is 1. The van der Waals surface area contributed by atoms with Crippen LogP contribution in [0.5, 0.6) is 5.75 Å². The summed E-state index contributed by atoms with van der Waals surface area (Å²) < 4.78 is 5.47. The number of likely N-dealkylation sites (tertiary alicyclic amines) is 2. The second-order valence-corrected chi connectivity index (χ2v) is 8.35. The van der Waals surface area contributed by atoms with Crippen molar-refractivity contribution in [3.63, 3.8) is 0 Å². The number of rotatable bonds is 4. The Hall–Kier alpha value is -2.33. The summed E-state index contributed by atoms with van der Waals surface area (Å²) in [6.45, 7) is 10.4. The fraction of sp³-hybridized carbons (Fsp3) is 0.458. The van der Waals surface area contributed by atoms with Crippen LogP contribution in [0.2, 0.25) is 0 Å². The maximum absolute atomic E-state index is 13.0. The topological polar surface area (TPSA) is 32.8 Å². The molecular weight excluding hydrogens is 348 g/mol. The van der Waals surface area contributed by atoms with Crippen LogP contribution in [0.4, 0.5) is 0 Å². The predicted molar refractivity (Wildman–Crippen MR) is 112 cm³/mol. The van der Waals surface area contributed by atoms with Crippen molar-refractivity contribution in [2.24, 2.45) is 0 Å². The molecule has 2 heterocycles. The Morgan fingerprint density at radius 3 is 2.32 bits per heavy atom. The molecule has 28 heavy (non-hydrogen) atoms. The van der Waals surface area contributed by atoms with Crippen molar-refractivity contribution in [1.29, 1.82) is 0 Å². The lowest BCUT2D eigenvalue weighted by Gasteiger charge is -2.38. The minimum absolute atomic E-state index is 0.177. The van der Waals surface area contributed by atoms with Crippen LogP contribution in [0.15, 0.2) is 36.4 Å². The maximum Gasteiger partial charge on any atom is 0.254 e. The third-order valence-corrected chi connectivity index (χ3v) is 6.79. The van der Waals surface area contributed by atoms with Crippen LogP contribution in [0.1, 0.15) is 52.0 Å². The first kappa shape index (κ1) is 19.0. The fourth-order valence-corrected chi connectivity index (χ4v) is 4.95. The maximum atomic E-state index is 13.0. The van der Waals surface area contributed by atoms with Gasteiger partial charge in [-0.1, -0.05) is 23.8 Å². The molecule has 2 bridgehead atoms. The van der Waals surface area contributed by atoms with Crippen molar-refractivity contribution in [3.05, 3.63) is 64.2 Å². The van der Waals surface area contributed by atoms with E-state index >= 15 is 0 Å². The van der Waals surface area contributed by atoms with Crippen LogP contribution in [-0.2, 0) is 0 Å².